The molecule has 0 aromatic heterocycles. The summed E-state index contributed by atoms with van der Waals surface area (Å²) >= 11 is 0. The summed E-state index contributed by atoms with van der Waals surface area (Å²) in [7, 11) is 0. The second-order valence-corrected chi connectivity index (χ2v) is 6.96. The van der Waals surface area contributed by atoms with E-state index in [1.165, 1.54) is 5.69 Å². The number of anilines is 2. The maximum atomic E-state index is 12.2. The summed E-state index contributed by atoms with van der Waals surface area (Å²) in [6.07, 6.45) is 0.976. The molecule has 0 bridgehead atoms. The summed E-state index contributed by atoms with van der Waals surface area (Å²) in [6, 6.07) is 8.07. The number of nitrogens with one attached hydrogen (secondary N) is 1. The van der Waals surface area contributed by atoms with Crippen molar-refractivity contribution in [3.63, 3.8) is 0 Å². The number of carbonyl (C=O) groups is 1. The van der Waals surface area contributed by atoms with Gasteiger partial charge in [-0.2, -0.15) is 0 Å². The van der Waals surface area contributed by atoms with Crippen LogP contribution < -0.4 is 10.2 Å². The summed E-state index contributed by atoms with van der Waals surface area (Å²) in [6.45, 7) is 10.1. The zero-order valence-electron chi connectivity index (χ0n) is 15.2. The van der Waals surface area contributed by atoms with Crippen LogP contribution in [0.3, 0.4) is 0 Å². The molecule has 2 saturated heterocycles. The smallest absolute Gasteiger partial charge is 0.225 e. The highest BCUT2D eigenvalue weighted by molar-refractivity contribution is 5.91. The first-order chi connectivity index (χ1) is 12.1. The number of benzene rings is 1. The third-order valence-electron chi connectivity index (χ3n) is 4.68. The minimum absolute atomic E-state index is 0.0610. The lowest BCUT2D eigenvalue weighted by molar-refractivity contribution is -0.117. The highest BCUT2D eigenvalue weighted by Crippen LogP contribution is 2.19. The Balaban J connectivity index is 1.44. The Morgan fingerprint density at radius 2 is 1.76 bits per heavy atom. The number of hydrogen-bond acceptors (Lipinski definition) is 5. The first-order valence-corrected chi connectivity index (χ1v) is 9.20. The Kier molecular flexibility index (Phi) is 6.29. The van der Waals surface area contributed by atoms with Crippen LogP contribution in [0.1, 0.15) is 20.3 Å². The van der Waals surface area contributed by atoms with Crippen molar-refractivity contribution in [3.8, 4) is 0 Å². The molecule has 2 heterocycles. The number of nitrogens with zero attached hydrogens (tertiary/aromatic N) is 2. The standard InChI is InChI=1S/C19H29N3O3/c1-15-13-21(14-16(2)25-15)8-7-19(23)20-17-3-5-18(6-4-17)22-9-11-24-12-10-22/h3-6,15-16H,7-14H2,1-2H3,(H,20,23)/t15-,16+. The van der Waals surface area contributed by atoms with Crippen LogP contribution in [0, 0.1) is 0 Å². The number of morpholine rings is 2. The molecule has 3 rings (SSSR count). The molecule has 1 amide bonds. The summed E-state index contributed by atoms with van der Waals surface area (Å²) in [5, 5.41) is 2.99. The first kappa shape index (κ1) is 18.2. The van der Waals surface area contributed by atoms with E-state index in [1.807, 2.05) is 12.1 Å². The van der Waals surface area contributed by atoms with Gasteiger partial charge in [0.2, 0.25) is 5.91 Å². The summed E-state index contributed by atoms with van der Waals surface area (Å²) in [5.74, 6) is 0.0610. The Bertz CT molecular complexity index is 548. The number of rotatable bonds is 5. The second-order valence-electron chi connectivity index (χ2n) is 6.96. The van der Waals surface area contributed by atoms with Crippen molar-refractivity contribution >= 4 is 17.3 Å². The van der Waals surface area contributed by atoms with E-state index in [9.17, 15) is 4.79 Å². The van der Waals surface area contributed by atoms with Crippen molar-refractivity contribution in [3.05, 3.63) is 24.3 Å². The van der Waals surface area contributed by atoms with Crippen molar-refractivity contribution in [2.75, 3.05) is 56.2 Å². The van der Waals surface area contributed by atoms with Gasteiger partial charge in [0, 0.05) is 50.5 Å². The van der Waals surface area contributed by atoms with E-state index in [-0.39, 0.29) is 18.1 Å². The van der Waals surface area contributed by atoms with E-state index in [4.69, 9.17) is 9.47 Å². The fraction of sp³-hybridized carbons (Fsp3) is 0.632. The highest BCUT2D eigenvalue weighted by atomic mass is 16.5. The lowest BCUT2D eigenvalue weighted by Gasteiger charge is -2.35. The summed E-state index contributed by atoms with van der Waals surface area (Å²) in [4.78, 5) is 16.8. The van der Waals surface area contributed by atoms with E-state index < -0.39 is 0 Å². The molecule has 2 aliphatic rings. The molecular weight excluding hydrogens is 318 g/mol. The second kappa shape index (κ2) is 8.65. The van der Waals surface area contributed by atoms with Crippen molar-refractivity contribution in [1.29, 1.82) is 0 Å². The molecule has 1 aromatic carbocycles. The van der Waals surface area contributed by atoms with Gasteiger partial charge >= 0.3 is 0 Å². The summed E-state index contributed by atoms with van der Waals surface area (Å²) in [5.41, 5.74) is 2.03. The molecular formula is C19H29N3O3. The molecule has 0 unspecified atom stereocenters. The Morgan fingerprint density at radius 3 is 2.40 bits per heavy atom. The van der Waals surface area contributed by atoms with Crippen molar-refractivity contribution < 1.29 is 14.3 Å². The maximum Gasteiger partial charge on any atom is 0.225 e. The molecule has 0 radical (unpaired) electrons. The van der Waals surface area contributed by atoms with Crippen molar-refractivity contribution in [1.82, 2.24) is 4.90 Å². The lowest BCUT2D eigenvalue weighted by Crippen LogP contribution is -2.46. The minimum Gasteiger partial charge on any atom is -0.378 e. The van der Waals surface area contributed by atoms with Gasteiger partial charge in [-0.1, -0.05) is 0 Å². The summed E-state index contributed by atoms with van der Waals surface area (Å²) < 4.78 is 11.1. The fourth-order valence-corrected chi connectivity index (χ4v) is 3.53. The molecule has 0 aliphatic carbocycles. The third kappa shape index (κ3) is 5.42. The van der Waals surface area contributed by atoms with E-state index in [0.717, 1.165) is 51.6 Å². The molecule has 6 heteroatoms. The topological polar surface area (TPSA) is 54.0 Å². The van der Waals surface area contributed by atoms with Gasteiger partial charge in [-0.25, -0.2) is 0 Å². The largest absolute Gasteiger partial charge is 0.378 e. The van der Waals surface area contributed by atoms with E-state index in [1.54, 1.807) is 0 Å². The molecule has 138 valence electrons. The quantitative estimate of drug-likeness (QED) is 0.882. The predicted molar refractivity (Wildman–Crippen MR) is 99.2 cm³/mol. The van der Waals surface area contributed by atoms with Gasteiger partial charge in [-0.15, -0.1) is 0 Å². The van der Waals surface area contributed by atoms with Crippen LogP contribution in [0.2, 0.25) is 0 Å². The Hall–Kier alpha value is -1.63. The molecule has 2 fully saturated rings. The normalized spacial score (nSPS) is 25.0. The van der Waals surface area contributed by atoms with Gasteiger partial charge in [0.1, 0.15) is 0 Å². The first-order valence-electron chi connectivity index (χ1n) is 9.20. The van der Waals surface area contributed by atoms with Gasteiger partial charge in [-0.3, -0.25) is 9.69 Å². The molecule has 0 saturated carbocycles. The van der Waals surface area contributed by atoms with Gasteiger partial charge < -0.3 is 19.7 Å². The number of amides is 1. The fourth-order valence-electron chi connectivity index (χ4n) is 3.53. The maximum absolute atomic E-state index is 12.2. The molecule has 1 N–H and O–H groups in total. The molecule has 0 spiro atoms. The van der Waals surface area contributed by atoms with Gasteiger partial charge in [0.05, 0.1) is 25.4 Å². The van der Waals surface area contributed by atoms with Crippen molar-refractivity contribution in [2.45, 2.75) is 32.5 Å². The highest BCUT2D eigenvalue weighted by Gasteiger charge is 2.22. The van der Waals surface area contributed by atoms with Crippen LogP contribution in [0.5, 0.6) is 0 Å². The average Bonchev–Trinajstić information content (AvgIpc) is 2.61. The SMILES string of the molecule is C[C@@H]1CN(CCC(=O)Nc2ccc(N3CCOCC3)cc2)C[C@H](C)O1. The van der Waals surface area contributed by atoms with E-state index >= 15 is 0 Å². The molecule has 2 aliphatic heterocycles. The van der Waals surface area contributed by atoms with Gasteiger partial charge in [0.25, 0.3) is 0 Å². The van der Waals surface area contributed by atoms with Crippen LogP contribution in [0.25, 0.3) is 0 Å². The third-order valence-corrected chi connectivity index (χ3v) is 4.68. The zero-order chi connectivity index (χ0) is 17.6. The lowest BCUT2D eigenvalue weighted by atomic mass is 10.2. The van der Waals surface area contributed by atoms with Gasteiger partial charge in [-0.05, 0) is 38.1 Å². The van der Waals surface area contributed by atoms with Crippen LogP contribution in [0.15, 0.2) is 24.3 Å². The van der Waals surface area contributed by atoms with Crippen molar-refractivity contribution in [2.24, 2.45) is 0 Å². The average molecular weight is 347 g/mol. The van der Waals surface area contributed by atoms with E-state index in [2.05, 4.69) is 41.1 Å². The van der Waals surface area contributed by atoms with Crippen LogP contribution in [0.4, 0.5) is 11.4 Å². The van der Waals surface area contributed by atoms with E-state index in [0.29, 0.717) is 6.42 Å². The Labute approximate surface area is 150 Å². The van der Waals surface area contributed by atoms with Crippen LogP contribution >= 0.6 is 0 Å². The molecule has 6 nitrogen and oxygen atoms in total. The van der Waals surface area contributed by atoms with Crippen LogP contribution in [-0.4, -0.2) is 69.0 Å². The minimum atomic E-state index is 0.0610. The monoisotopic (exact) mass is 347 g/mol. The number of hydrogen-bond donors (Lipinski definition) is 1. The number of ether oxygens (including phenoxy) is 2. The Morgan fingerprint density at radius 1 is 1.12 bits per heavy atom. The number of carbonyl (C=O) groups excluding carboxylic acids is 1. The van der Waals surface area contributed by atoms with Gasteiger partial charge in [0.15, 0.2) is 0 Å². The predicted octanol–water partition coefficient (Wildman–Crippen LogP) is 1.96. The van der Waals surface area contributed by atoms with Crippen LogP contribution in [-0.2, 0) is 14.3 Å². The molecule has 2 atom stereocenters. The molecule has 1 aromatic rings. The zero-order valence-corrected chi connectivity index (χ0v) is 15.2. The molecule has 25 heavy (non-hydrogen) atoms.